The molecule has 0 amide bonds. The number of anilines is 1. The van der Waals surface area contributed by atoms with Crippen molar-refractivity contribution in [2.45, 2.75) is 12.7 Å². The number of piperazine rings is 1. The Kier molecular flexibility index (Phi) is 3.98. The third kappa shape index (κ3) is 2.59. The highest BCUT2D eigenvalue weighted by Gasteiger charge is 2.13. The van der Waals surface area contributed by atoms with Gasteiger partial charge in [-0.1, -0.05) is 5.92 Å². The van der Waals surface area contributed by atoms with Gasteiger partial charge >= 0.3 is 0 Å². The van der Waals surface area contributed by atoms with Crippen LogP contribution in [-0.2, 0) is 5.75 Å². The molecule has 1 saturated heterocycles. The minimum absolute atomic E-state index is 0.737. The number of terminal acetylenes is 1. The standard InChI is InChI=1S/C14H18N2S/c1-3-12-8-14(9-13(10-17)11(12)2)16-6-4-15-5-7-16/h1,8-9,15,17H,4-7,10H2,2H3. The van der Waals surface area contributed by atoms with E-state index in [0.717, 1.165) is 37.5 Å². The third-order valence-corrected chi connectivity index (χ3v) is 3.65. The summed E-state index contributed by atoms with van der Waals surface area (Å²) in [6.45, 7) is 6.23. The molecule has 1 aliphatic rings. The zero-order chi connectivity index (χ0) is 12.3. The second-order valence-electron chi connectivity index (χ2n) is 4.32. The number of nitrogens with zero attached hydrogens (tertiary/aromatic N) is 1. The van der Waals surface area contributed by atoms with Gasteiger partial charge in [0.2, 0.25) is 0 Å². The zero-order valence-electron chi connectivity index (χ0n) is 10.2. The molecule has 0 unspecified atom stereocenters. The van der Waals surface area contributed by atoms with Crippen LogP contribution in [-0.4, -0.2) is 26.2 Å². The number of benzene rings is 1. The normalized spacial score (nSPS) is 15.7. The van der Waals surface area contributed by atoms with E-state index >= 15 is 0 Å². The predicted molar refractivity (Wildman–Crippen MR) is 76.9 cm³/mol. The average molecular weight is 246 g/mol. The summed E-state index contributed by atoms with van der Waals surface area (Å²) in [5.41, 5.74) is 4.64. The van der Waals surface area contributed by atoms with Crippen molar-refractivity contribution in [3.05, 3.63) is 28.8 Å². The lowest BCUT2D eigenvalue weighted by Gasteiger charge is -2.30. The molecular weight excluding hydrogens is 228 g/mol. The Bertz CT molecular complexity index is 442. The van der Waals surface area contributed by atoms with Gasteiger partial charge in [0.05, 0.1) is 0 Å². The first-order valence-electron chi connectivity index (χ1n) is 5.93. The van der Waals surface area contributed by atoms with Crippen LogP contribution in [0.15, 0.2) is 12.1 Å². The second-order valence-corrected chi connectivity index (χ2v) is 4.63. The van der Waals surface area contributed by atoms with Gasteiger partial charge in [-0.25, -0.2) is 0 Å². The molecule has 1 aliphatic heterocycles. The summed E-state index contributed by atoms with van der Waals surface area (Å²) in [5.74, 6) is 3.51. The Labute approximate surface area is 109 Å². The van der Waals surface area contributed by atoms with Gasteiger partial charge in [0.1, 0.15) is 0 Å². The Morgan fingerprint density at radius 3 is 2.71 bits per heavy atom. The van der Waals surface area contributed by atoms with Gasteiger partial charge in [-0.3, -0.25) is 0 Å². The maximum Gasteiger partial charge on any atom is 0.0382 e. The van der Waals surface area contributed by atoms with Crippen molar-refractivity contribution in [3.8, 4) is 12.3 Å². The molecular formula is C14H18N2S. The number of nitrogens with one attached hydrogen (secondary N) is 1. The summed E-state index contributed by atoms with van der Waals surface area (Å²) < 4.78 is 0. The molecule has 3 heteroatoms. The summed E-state index contributed by atoms with van der Waals surface area (Å²) in [7, 11) is 0. The molecule has 1 heterocycles. The predicted octanol–water partition coefficient (Wildman–Crippen LogP) is 1.82. The van der Waals surface area contributed by atoms with Crippen LogP contribution >= 0.6 is 12.6 Å². The molecule has 0 aliphatic carbocycles. The second kappa shape index (κ2) is 5.48. The van der Waals surface area contributed by atoms with Gasteiger partial charge in [-0.05, 0) is 30.2 Å². The smallest absolute Gasteiger partial charge is 0.0382 e. The van der Waals surface area contributed by atoms with Gasteiger partial charge in [0.25, 0.3) is 0 Å². The van der Waals surface area contributed by atoms with Crippen molar-refractivity contribution >= 4 is 18.3 Å². The van der Waals surface area contributed by atoms with Crippen LogP contribution in [0.3, 0.4) is 0 Å². The Morgan fingerprint density at radius 2 is 2.12 bits per heavy atom. The highest BCUT2D eigenvalue weighted by atomic mass is 32.1. The molecule has 0 aromatic heterocycles. The van der Waals surface area contributed by atoms with E-state index in [1.165, 1.54) is 16.8 Å². The van der Waals surface area contributed by atoms with Crippen molar-refractivity contribution in [1.82, 2.24) is 5.32 Å². The van der Waals surface area contributed by atoms with E-state index in [1.54, 1.807) is 0 Å². The molecule has 1 fully saturated rings. The van der Waals surface area contributed by atoms with Crippen LogP contribution in [0.4, 0.5) is 5.69 Å². The fraction of sp³-hybridized carbons (Fsp3) is 0.429. The lowest BCUT2D eigenvalue weighted by atomic mass is 10.0. The van der Waals surface area contributed by atoms with E-state index in [1.807, 2.05) is 0 Å². The molecule has 0 bridgehead atoms. The number of rotatable bonds is 2. The number of hydrogen-bond acceptors (Lipinski definition) is 3. The first-order valence-corrected chi connectivity index (χ1v) is 6.56. The monoisotopic (exact) mass is 246 g/mol. The summed E-state index contributed by atoms with van der Waals surface area (Å²) in [5, 5.41) is 3.36. The fourth-order valence-electron chi connectivity index (χ4n) is 2.18. The largest absolute Gasteiger partial charge is 0.369 e. The van der Waals surface area contributed by atoms with Crippen LogP contribution in [0.25, 0.3) is 0 Å². The highest BCUT2D eigenvalue weighted by molar-refractivity contribution is 7.79. The van der Waals surface area contributed by atoms with Gasteiger partial charge in [-0.2, -0.15) is 12.6 Å². The van der Waals surface area contributed by atoms with Crippen molar-refractivity contribution in [3.63, 3.8) is 0 Å². The highest BCUT2D eigenvalue weighted by Crippen LogP contribution is 2.24. The van der Waals surface area contributed by atoms with Crippen molar-refractivity contribution in [2.75, 3.05) is 31.1 Å². The van der Waals surface area contributed by atoms with E-state index in [9.17, 15) is 0 Å². The third-order valence-electron chi connectivity index (χ3n) is 3.31. The molecule has 0 saturated carbocycles. The lowest BCUT2D eigenvalue weighted by Crippen LogP contribution is -2.43. The van der Waals surface area contributed by atoms with Gasteiger partial charge in [-0.15, -0.1) is 6.42 Å². The summed E-state index contributed by atoms with van der Waals surface area (Å²) >= 11 is 4.38. The van der Waals surface area contributed by atoms with Crippen LogP contribution in [0.1, 0.15) is 16.7 Å². The summed E-state index contributed by atoms with van der Waals surface area (Å²) in [6.07, 6.45) is 5.57. The minimum Gasteiger partial charge on any atom is -0.369 e. The Balaban J connectivity index is 2.37. The molecule has 1 aromatic rings. The molecule has 1 N–H and O–H groups in total. The zero-order valence-corrected chi connectivity index (χ0v) is 11.1. The molecule has 90 valence electrons. The maximum absolute atomic E-state index is 5.57. The Morgan fingerprint density at radius 1 is 1.41 bits per heavy atom. The molecule has 0 spiro atoms. The van der Waals surface area contributed by atoms with E-state index in [0.29, 0.717) is 0 Å². The molecule has 0 atom stereocenters. The molecule has 0 radical (unpaired) electrons. The van der Waals surface area contributed by atoms with Crippen LogP contribution < -0.4 is 10.2 Å². The molecule has 17 heavy (non-hydrogen) atoms. The fourth-order valence-corrected chi connectivity index (χ4v) is 2.51. The van der Waals surface area contributed by atoms with Crippen LogP contribution in [0.2, 0.25) is 0 Å². The van der Waals surface area contributed by atoms with Crippen molar-refractivity contribution in [1.29, 1.82) is 0 Å². The quantitative estimate of drug-likeness (QED) is 0.611. The van der Waals surface area contributed by atoms with E-state index in [2.05, 4.69) is 47.8 Å². The van der Waals surface area contributed by atoms with Gasteiger partial charge in [0.15, 0.2) is 0 Å². The molecule has 2 nitrogen and oxygen atoms in total. The first-order chi connectivity index (χ1) is 8.26. The SMILES string of the molecule is C#Cc1cc(N2CCNCC2)cc(CS)c1C. The minimum atomic E-state index is 0.737. The Hall–Kier alpha value is -1.11. The number of hydrogen-bond donors (Lipinski definition) is 2. The summed E-state index contributed by atoms with van der Waals surface area (Å²) in [6, 6.07) is 4.34. The topological polar surface area (TPSA) is 15.3 Å². The van der Waals surface area contributed by atoms with Crippen LogP contribution in [0, 0.1) is 19.3 Å². The molecule has 1 aromatic carbocycles. The van der Waals surface area contributed by atoms with Crippen LogP contribution in [0.5, 0.6) is 0 Å². The summed E-state index contributed by atoms with van der Waals surface area (Å²) in [4.78, 5) is 2.38. The maximum atomic E-state index is 5.57. The number of thiol groups is 1. The van der Waals surface area contributed by atoms with E-state index in [4.69, 9.17) is 6.42 Å². The van der Waals surface area contributed by atoms with Crippen molar-refractivity contribution < 1.29 is 0 Å². The van der Waals surface area contributed by atoms with Crippen molar-refractivity contribution in [2.24, 2.45) is 0 Å². The van der Waals surface area contributed by atoms with Gasteiger partial charge in [0, 0.05) is 43.2 Å². The first kappa shape index (κ1) is 12.3. The van der Waals surface area contributed by atoms with E-state index < -0.39 is 0 Å². The average Bonchev–Trinajstić information content (AvgIpc) is 2.40. The van der Waals surface area contributed by atoms with E-state index in [-0.39, 0.29) is 0 Å². The molecule has 2 rings (SSSR count). The van der Waals surface area contributed by atoms with Gasteiger partial charge < -0.3 is 10.2 Å². The lowest BCUT2D eigenvalue weighted by molar-refractivity contribution is 0.589.